The van der Waals surface area contributed by atoms with Crippen molar-refractivity contribution in [1.82, 2.24) is 4.57 Å². The summed E-state index contributed by atoms with van der Waals surface area (Å²) in [7, 11) is 1.83. The highest BCUT2D eigenvalue weighted by atomic mass is 19.4. The van der Waals surface area contributed by atoms with E-state index in [1.54, 1.807) is 6.08 Å². The van der Waals surface area contributed by atoms with Gasteiger partial charge < -0.3 is 9.88 Å². The summed E-state index contributed by atoms with van der Waals surface area (Å²) in [6.07, 6.45) is -0.939. The van der Waals surface area contributed by atoms with Gasteiger partial charge in [-0.25, -0.2) is 0 Å². The van der Waals surface area contributed by atoms with Gasteiger partial charge in [-0.3, -0.25) is 4.79 Å². The molecule has 0 saturated heterocycles. The highest BCUT2D eigenvalue weighted by Crippen LogP contribution is 2.38. The lowest BCUT2D eigenvalue weighted by Gasteiger charge is -2.08. The summed E-state index contributed by atoms with van der Waals surface area (Å²) in [4.78, 5) is 12.0. The minimum atomic E-state index is -4.43. The molecule has 0 spiro atoms. The van der Waals surface area contributed by atoms with Gasteiger partial charge in [-0.15, -0.1) is 0 Å². The van der Waals surface area contributed by atoms with Crippen molar-refractivity contribution in [3.63, 3.8) is 0 Å². The zero-order valence-electron chi connectivity index (χ0n) is 11.0. The summed E-state index contributed by atoms with van der Waals surface area (Å²) in [6, 6.07) is 6.91. The van der Waals surface area contributed by atoms with Crippen LogP contribution < -0.4 is 5.32 Å². The number of rotatable bonds is 1. The van der Waals surface area contributed by atoms with Gasteiger partial charge in [0.15, 0.2) is 0 Å². The molecular formula is C15H11F3N2O. The molecule has 2 heterocycles. The quantitative estimate of drug-likeness (QED) is 0.801. The first-order valence-corrected chi connectivity index (χ1v) is 6.22. The average Bonchev–Trinajstić information content (AvgIpc) is 2.93. The van der Waals surface area contributed by atoms with Crippen molar-refractivity contribution in [2.45, 2.75) is 6.18 Å². The number of hydrogen-bond acceptors (Lipinski definition) is 1. The van der Waals surface area contributed by atoms with Crippen molar-refractivity contribution < 1.29 is 18.0 Å². The number of benzene rings is 1. The molecule has 0 aliphatic carbocycles. The minimum absolute atomic E-state index is 0.190. The molecule has 2 aromatic rings. The van der Waals surface area contributed by atoms with Crippen LogP contribution in [0.25, 0.3) is 11.6 Å². The van der Waals surface area contributed by atoms with E-state index in [1.165, 1.54) is 6.07 Å². The molecule has 1 N–H and O–H groups in total. The fraction of sp³-hybridized carbons (Fsp3) is 0.133. The Balaban J connectivity index is 2.07. The number of anilines is 1. The molecule has 21 heavy (non-hydrogen) atoms. The average molecular weight is 292 g/mol. The van der Waals surface area contributed by atoms with Crippen molar-refractivity contribution in [3.05, 3.63) is 53.3 Å². The molecule has 1 aromatic carbocycles. The van der Waals surface area contributed by atoms with Gasteiger partial charge in [0, 0.05) is 30.2 Å². The molecule has 1 aromatic heterocycles. The molecule has 3 rings (SSSR count). The molecule has 1 aliphatic rings. The van der Waals surface area contributed by atoms with Gasteiger partial charge >= 0.3 is 6.18 Å². The van der Waals surface area contributed by atoms with Gasteiger partial charge in [0.2, 0.25) is 0 Å². The van der Waals surface area contributed by atoms with Gasteiger partial charge in [-0.1, -0.05) is 6.07 Å². The summed E-state index contributed by atoms with van der Waals surface area (Å²) in [6.45, 7) is 0. The van der Waals surface area contributed by atoms with Crippen LogP contribution in [-0.2, 0) is 18.0 Å². The van der Waals surface area contributed by atoms with Gasteiger partial charge in [0.25, 0.3) is 5.91 Å². The van der Waals surface area contributed by atoms with Crippen molar-refractivity contribution in [2.24, 2.45) is 7.05 Å². The van der Waals surface area contributed by atoms with E-state index in [-0.39, 0.29) is 5.69 Å². The van der Waals surface area contributed by atoms with Crippen molar-refractivity contribution in [3.8, 4) is 0 Å². The molecule has 3 nitrogen and oxygen atoms in total. The molecule has 0 atom stereocenters. The van der Waals surface area contributed by atoms with Crippen LogP contribution in [0.4, 0.5) is 18.9 Å². The standard InChI is InChI=1S/C15H11F3N2O/c1-20-6-2-3-10(20)8-12-11-5-4-9(15(16,17)18)7-13(11)19-14(12)21/h2-8H,1H3,(H,19,21). The number of aryl methyl sites for hydroxylation is 1. The molecule has 108 valence electrons. The monoisotopic (exact) mass is 292 g/mol. The lowest BCUT2D eigenvalue weighted by atomic mass is 10.0. The number of carbonyl (C=O) groups excluding carboxylic acids is 1. The first-order valence-electron chi connectivity index (χ1n) is 6.22. The number of nitrogens with one attached hydrogen (secondary N) is 1. The van der Waals surface area contributed by atoms with Crippen molar-refractivity contribution in [1.29, 1.82) is 0 Å². The summed E-state index contributed by atoms with van der Waals surface area (Å²) < 4.78 is 39.9. The Morgan fingerprint density at radius 1 is 1.24 bits per heavy atom. The first kappa shape index (κ1) is 13.5. The maximum atomic E-state index is 12.7. The van der Waals surface area contributed by atoms with Crippen LogP contribution in [0.5, 0.6) is 0 Å². The second-order valence-corrected chi connectivity index (χ2v) is 4.81. The lowest BCUT2D eigenvalue weighted by Crippen LogP contribution is -2.06. The topological polar surface area (TPSA) is 34.0 Å². The summed E-state index contributed by atoms with van der Waals surface area (Å²) in [5.41, 5.74) is 1.06. The third kappa shape index (κ3) is 2.33. The van der Waals surface area contributed by atoms with Gasteiger partial charge in [0.1, 0.15) is 0 Å². The summed E-state index contributed by atoms with van der Waals surface area (Å²) >= 11 is 0. The Bertz CT molecular complexity index is 757. The number of fused-ring (bicyclic) bond motifs is 1. The predicted octanol–water partition coefficient (Wildman–Crippen LogP) is 3.54. The van der Waals surface area contributed by atoms with E-state index in [4.69, 9.17) is 0 Å². The maximum Gasteiger partial charge on any atom is 0.416 e. The van der Waals surface area contributed by atoms with E-state index in [2.05, 4.69) is 5.32 Å². The van der Waals surface area contributed by atoms with Crippen LogP contribution >= 0.6 is 0 Å². The third-order valence-corrected chi connectivity index (χ3v) is 3.41. The van der Waals surface area contributed by atoms with Gasteiger partial charge in [0.05, 0.1) is 11.1 Å². The minimum Gasteiger partial charge on any atom is -0.351 e. The highest BCUT2D eigenvalue weighted by Gasteiger charge is 2.33. The smallest absolute Gasteiger partial charge is 0.351 e. The normalized spacial score (nSPS) is 16.2. The number of alkyl halides is 3. The summed E-state index contributed by atoms with van der Waals surface area (Å²) in [5, 5.41) is 2.48. The van der Waals surface area contributed by atoms with Crippen LogP contribution in [-0.4, -0.2) is 10.5 Å². The Morgan fingerprint density at radius 2 is 2.00 bits per heavy atom. The van der Waals surface area contributed by atoms with Crippen LogP contribution in [0.2, 0.25) is 0 Å². The highest BCUT2D eigenvalue weighted by molar-refractivity contribution is 6.34. The molecule has 6 heteroatoms. The third-order valence-electron chi connectivity index (χ3n) is 3.41. The van der Waals surface area contributed by atoms with E-state index >= 15 is 0 Å². The van der Waals surface area contributed by atoms with Gasteiger partial charge in [-0.2, -0.15) is 13.2 Å². The Hall–Kier alpha value is -2.50. The Labute approximate surface area is 118 Å². The molecule has 0 bridgehead atoms. The van der Waals surface area contributed by atoms with E-state index in [1.807, 2.05) is 29.9 Å². The van der Waals surface area contributed by atoms with Gasteiger partial charge in [-0.05, 0) is 30.3 Å². The molecule has 0 fully saturated rings. The van der Waals surface area contributed by atoms with E-state index in [0.717, 1.165) is 17.8 Å². The largest absolute Gasteiger partial charge is 0.416 e. The number of carbonyl (C=O) groups is 1. The predicted molar refractivity (Wildman–Crippen MR) is 73.4 cm³/mol. The second kappa shape index (κ2) is 4.51. The van der Waals surface area contributed by atoms with Crippen LogP contribution in [0.3, 0.4) is 0 Å². The fourth-order valence-corrected chi connectivity index (χ4v) is 2.29. The molecular weight excluding hydrogens is 281 g/mol. The number of hydrogen-bond donors (Lipinski definition) is 1. The van der Waals surface area contributed by atoms with Crippen LogP contribution in [0.15, 0.2) is 36.5 Å². The maximum absolute atomic E-state index is 12.7. The van der Waals surface area contributed by atoms with E-state index in [9.17, 15) is 18.0 Å². The van der Waals surface area contributed by atoms with Crippen LogP contribution in [0, 0.1) is 0 Å². The number of aromatic nitrogens is 1. The Kier molecular flexibility index (Phi) is 2.90. The molecule has 0 radical (unpaired) electrons. The zero-order valence-corrected chi connectivity index (χ0v) is 11.0. The first-order chi connectivity index (χ1) is 9.86. The number of amides is 1. The molecule has 1 amide bonds. The Morgan fingerprint density at radius 3 is 2.62 bits per heavy atom. The fourth-order valence-electron chi connectivity index (χ4n) is 2.29. The van der Waals surface area contributed by atoms with E-state index < -0.39 is 17.6 Å². The molecule has 0 saturated carbocycles. The van der Waals surface area contributed by atoms with Crippen molar-refractivity contribution in [2.75, 3.05) is 5.32 Å². The SMILES string of the molecule is Cn1cccc1C=C1C(=O)Nc2cc(C(F)(F)F)ccc21. The summed E-state index contributed by atoms with van der Waals surface area (Å²) in [5.74, 6) is -0.398. The molecule has 1 aliphatic heterocycles. The zero-order chi connectivity index (χ0) is 15.2. The van der Waals surface area contributed by atoms with Crippen molar-refractivity contribution >= 4 is 23.2 Å². The molecule has 0 unspecified atom stereocenters. The van der Waals surface area contributed by atoms with E-state index in [0.29, 0.717) is 11.1 Å². The second-order valence-electron chi connectivity index (χ2n) is 4.81. The lowest BCUT2D eigenvalue weighted by molar-refractivity contribution is -0.137. The van der Waals surface area contributed by atoms with Crippen LogP contribution in [0.1, 0.15) is 16.8 Å². The number of nitrogens with zero attached hydrogens (tertiary/aromatic N) is 1. The number of halogens is 3.